The lowest BCUT2D eigenvalue weighted by Gasteiger charge is -2.30. The zero-order valence-corrected chi connectivity index (χ0v) is 30.0. The maximum atomic E-state index is 13.9. The molecule has 5 N–H and O–H groups in total. The van der Waals surface area contributed by atoms with Gasteiger partial charge in [-0.25, -0.2) is 18.0 Å². The summed E-state index contributed by atoms with van der Waals surface area (Å²) in [5.41, 5.74) is 1.73. The number of hydrogen-bond donors (Lipinski definition) is 5. The van der Waals surface area contributed by atoms with Crippen LogP contribution in [0.15, 0.2) is 83.8 Å². The van der Waals surface area contributed by atoms with Crippen molar-refractivity contribution in [3.63, 3.8) is 0 Å². The lowest BCUT2D eigenvalue weighted by Crippen LogP contribution is -2.51. The topological polar surface area (TPSA) is 210 Å². The van der Waals surface area contributed by atoms with Gasteiger partial charge in [-0.05, 0) is 59.9 Å². The second-order valence-electron chi connectivity index (χ2n) is 12.4. The molecule has 0 aromatic heterocycles. The fraction of sp³-hybridized carbons (Fsp3) is 0.412. The number of carbonyl (C=O) groups excluding carboxylic acids is 2. The molecule has 1 aliphatic heterocycles. The summed E-state index contributed by atoms with van der Waals surface area (Å²) in [4.78, 5) is 43.3. The number of nitrogens with one attached hydrogen (secondary N) is 2. The molecule has 3 atom stereocenters. The van der Waals surface area contributed by atoms with E-state index in [4.69, 9.17) is 28.7 Å². The molecule has 0 saturated carbocycles. The average molecular weight is 750 g/mol. The third kappa shape index (κ3) is 13.2. The summed E-state index contributed by atoms with van der Waals surface area (Å²) >= 11 is 0. The Labute approximate surface area is 297 Å². The maximum absolute atomic E-state index is 13.9. The molecule has 4 rings (SSSR count). The van der Waals surface area contributed by atoms with Crippen LogP contribution < -0.4 is 15.4 Å². The van der Waals surface area contributed by atoms with E-state index in [1.807, 2.05) is 44.2 Å². The summed E-state index contributed by atoms with van der Waals surface area (Å²) < 4.78 is 61.2. The van der Waals surface area contributed by atoms with E-state index in [1.54, 1.807) is 12.1 Å². The van der Waals surface area contributed by atoms with E-state index in [9.17, 15) is 27.7 Å². The van der Waals surface area contributed by atoms with Crippen molar-refractivity contribution in [2.24, 2.45) is 5.92 Å². The van der Waals surface area contributed by atoms with Gasteiger partial charge in [0.05, 0.1) is 30.3 Å². The van der Waals surface area contributed by atoms with Crippen molar-refractivity contribution >= 4 is 35.5 Å². The van der Waals surface area contributed by atoms with E-state index in [-0.39, 0.29) is 49.3 Å². The van der Waals surface area contributed by atoms with Crippen LogP contribution in [0.2, 0.25) is 0 Å². The van der Waals surface area contributed by atoms with E-state index in [1.165, 1.54) is 36.4 Å². The van der Waals surface area contributed by atoms with Crippen LogP contribution in [0.4, 0.5) is 15.3 Å². The molecular formula is C34H44N3O12PS. The Hall–Kier alpha value is -4.02. The fourth-order valence-electron chi connectivity index (χ4n) is 5.11. The third-order valence-corrected chi connectivity index (χ3v) is 9.93. The van der Waals surface area contributed by atoms with E-state index < -0.39 is 54.4 Å². The lowest BCUT2D eigenvalue weighted by molar-refractivity contribution is 0.0644. The molecular weight excluding hydrogens is 705 g/mol. The summed E-state index contributed by atoms with van der Waals surface area (Å²) in [5, 5.41) is 16.7. The average Bonchev–Trinajstić information content (AvgIpc) is 3.59. The standard InChI is InChI=1S/C34H44N3O12PS/c1-24(2)19-37(51(44,45)30-14-10-27(11-15-30)35-33(39)47-21-26-6-4-3-5-7-26)20-32(38)31(36-34(40)49-29-16-17-46-22-29)18-25-8-12-28(13-9-25)48-23-50(41,42)43/h3-15,24,29,31-32,38H,16-23H2,1-2H3,(H,35,39)(H,36,40)(H2,41,42,43)/t29-,31-,32+/m0/s1. The number of sulfonamides is 1. The minimum Gasteiger partial charge on any atom is -0.481 e. The summed E-state index contributed by atoms with van der Waals surface area (Å²) in [6, 6.07) is 19.8. The van der Waals surface area contributed by atoms with Gasteiger partial charge in [-0.1, -0.05) is 56.3 Å². The van der Waals surface area contributed by atoms with Crippen molar-refractivity contribution in [1.29, 1.82) is 0 Å². The molecule has 1 fully saturated rings. The van der Waals surface area contributed by atoms with Gasteiger partial charge in [-0.15, -0.1) is 0 Å². The van der Waals surface area contributed by atoms with Crippen molar-refractivity contribution in [2.45, 2.75) is 56.4 Å². The smallest absolute Gasteiger partial charge is 0.411 e. The molecule has 0 bridgehead atoms. The van der Waals surface area contributed by atoms with Gasteiger partial charge in [0.25, 0.3) is 0 Å². The molecule has 3 aromatic rings. The van der Waals surface area contributed by atoms with E-state index >= 15 is 0 Å². The van der Waals surface area contributed by atoms with Crippen molar-refractivity contribution in [3.8, 4) is 5.75 Å². The minimum absolute atomic E-state index is 0.0481. The highest BCUT2D eigenvalue weighted by Gasteiger charge is 2.32. The Morgan fingerprint density at radius 2 is 1.65 bits per heavy atom. The molecule has 1 heterocycles. The van der Waals surface area contributed by atoms with Crippen LogP contribution in [0.25, 0.3) is 0 Å². The van der Waals surface area contributed by atoms with Crippen LogP contribution in [0.1, 0.15) is 31.4 Å². The van der Waals surface area contributed by atoms with Crippen LogP contribution in [0, 0.1) is 5.92 Å². The zero-order valence-electron chi connectivity index (χ0n) is 28.3. The first-order valence-corrected chi connectivity index (χ1v) is 19.5. The molecule has 1 saturated heterocycles. The maximum Gasteiger partial charge on any atom is 0.411 e. The molecule has 0 spiro atoms. The second kappa shape index (κ2) is 18.5. The van der Waals surface area contributed by atoms with Crippen molar-refractivity contribution in [3.05, 3.63) is 90.0 Å². The number of alkyl carbamates (subject to hydrolysis) is 1. The first kappa shape index (κ1) is 39.8. The number of rotatable bonds is 17. The quantitative estimate of drug-likeness (QED) is 0.124. The molecule has 15 nitrogen and oxygen atoms in total. The second-order valence-corrected chi connectivity index (χ2v) is 15.9. The number of aliphatic hydroxyl groups excluding tert-OH is 1. The predicted octanol–water partition coefficient (Wildman–Crippen LogP) is 4.08. The largest absolute Gasteiger partial charge is 0.481 e. The monoisotopic (exact) mass is 749 g/mol. The minimum atomic E-state index is -4.39. The summed E-state index contributed by atoms with van der Waals surface area (Å²) in [6.45, 7) is 4.07. The molecule has 0 unspecified atom stereocenters. The number of anilines is 1. The Balaban J connectivity index is 1.47. The highest BCUT2D eigenvalue weighted by atomic mass is 32.2. The molecule has 278 valence electrons. The number of nitrogens with zero attached hydrogens (tertiary/aromatic N) is 1. The van der Waals surface area contributed by atoms with Gasteiger partial charge < -0.3 is 39.2 Å². The van der Waals surface area contributed by atoms with Crippen molar-refractivity contribution in [1.82, 2.24) is 9.62 Å². The van der Waals surface area contributed by atoms with Crippen molar-refractivity contribution < 1.29 is 56.4 Å². The predicted molar refractivity (Wildman–Crippen MR) is 187 cm³/mol. The Morgan fingerprint density at radius 3 is 2.25 bits per heavy atom. The Morgan fingerprint density at radius 1 is 0.961 bits per heavy atom. The Bertz CT molecular complexity index is 1720. The van der Waals surface area contributed by atoms with Gasteiger partial charge in [0, 0.05) is 25.2 Å². The normalized spacial score (nSPS) is 16.0. The number of hydrogen-bond acceptors (Lipinski definition) is 10. The lowest BCUT2D eigenvalue weighted by atomic mass is 10.0. The van der Waals surface area contributed by atoms with Gasteiger partial charge >= 0.3 is 19.8 Å². The highest BCUT2D eigenvalue weighted by Crippen LogP contribution is 2.34. The van der Waals surface area contributed by atoms with Crippen LogP contribution in [0.5, 0.6) is 5.75 Å². The van der Waals surface area contributed by atoms with Gasteiger partial charge in [0.1, 0.15) is 18.5 Å². The zero-order chi connectivity index (χ0) is 37.0. The molecule has 0 aliphatic carbocycles. The molecule has 51 heavy (non-hydrogen) atoms. The number of ether oxygens (including phenoxy) is 4. The van der Waals surface area contributed by atoms with Gasteiger partial charge in [-0.3, -0.25) is 9.88 Å². The first-order valence-electron chi connectivity index (χ1n) is 16.2. The third-order valence-electron chi connectivity index (χ3n) is 7.62. The molecule has 2 amide bonds. The molecule has 3 aromatic carbocycles. The summed E-state index contributed by atoms with van der Waals surface area (Å²) in [7, 11) is -8.56. The molecule has 1 aliphatic rings. The Kier molecular flexibility index (Phi) is 14.4. The van der Waals surface area contributed by atoms with Crippen LogP contribution in [-0.4, -0.2) is 90.7 Å². The number of aliphatic hydroxyl groups is 1. The number of benzene rings is 3. The van der Waals surface area contributed by atoms with E-state index in [2.05, 4.69) is 10.6 Å². The highest BCUT2D eigenvalue weighted by molar-refractivity contribution is 7.89. The van der Waals surface area contributed by atoms with Gasteiger partial charge in [0.15, 0.2) is 6.35 Å². The van der Waals surface area contributed by atoms with Gasteiger partial charge in [-0.2, -0.15) is 4.31 Å². The SMILES string of the molecule is CC(C)CN(C[C@@H](O)[C@H](Cc1ccc(OCP(=O)(O)O)cc1)NC(=O)O[C@H]1CCOC1)S(=O)(=O)c1ccc(NC(=O)OCc2ccccc2)cc1. The van der Waals surface area contributed by atoms with Gasteiger partial charge in [0.2, 0.25) is 10.0 Å². The summed E-state index contributed by atoms with van der Waals surface area (Å²) in [6.07, 6.45) is -3.62. The number of amides is 2. The van der Waals surface area contributed by atoms with Crippen molar-refractivity contribution in [2.75, 3.05) is 38.0 Å². The molecule has 0 radical (unpaired) electrons. The van der Waals surface area contributed by atoms with E-state index in [0.717, 1.165) is 9.87 Å². The van der Waals surface area contributed by atoms with Crippen LogP contribution >= 0.6 is 7.60 Å². The summed E-state index contributed by atoms with van der Waals surface area (Å²) in [5.74, 6) is 0.0685. The fourth-order valence-corrected chi connectivity index (χ4v) is 7.05. The van der Waals surface area contributed by atoms with Crippen LogP contribution in [0.3, 0.4) is 0 Å². The van der Waals surface area contributed by atoms with Crippen LogP contribution in [-0.2, 0) is 41.8 Å². The molecule has 17 heteroatoms. The number of carbonyl (C=O) groups is 2. The first-order chi connectivity index (χ1) is 24.2. The van der Waals surface area contributed by atoms with E-state index in [0.29, 0.717) is 24.3 Å².